The molecule has 5 aliphatic rings. The van der Waals surface area contributed by atoms with Crippen molar-refractivity contribution in [2.75, 3.05) is 26.3 Å². The van der Waals surface area contributed by atoms with E-state index in [-0.39, 0.29) is 29.5 Å². The maximum Gasteiger partial charge on any atom is 0.272 e. The summed E-state index contributed by atoms with van der Waals surface area (Å²) in [4.78, 5) is 22.4. The lowest BCUT2D eigenvalue weighted by molar-refractivity contribution is -0.102. The largest absolute Gasteiger partial charge is 0.508 e. The summed E-state index contributed by atoms with van der Waals surface area (Å²) in [5.41, 5.74) is 3.25. The molecular weight excluding hydrogens is 417 g/mol. The third kappa shape index (κ3) is 2.35. The molecule has 3 heterocycles. The van der Waals surface area contributed by atoms with E-state index in [0.717, 1.165) is 45.2 Å². The number of fused-ring (bicyclic) bond motifs is 1. The van der Waals surface area contributed by atoms with Gasteiger partial charge in [0, 0.05) is 36.8 Å². The van der Waals surface area contributed by atoms with Gasteiger partial charge in [0.25, 0.3) is 5.91 Å². The van der Waals surface area contributed by atoms with Gasteiger partial charge in [0.1, 0.15) is 18.1 Å². The quantitative estimate of drug-likeness (QED) is 0.782. The highest BCUT2D eigenvalue weighted by Crippen LogP contribution is 2.75. The number of alkyl halides is 1. The predicted molar refractivity (Wildman–Crippen MR) is 122 cm³/mol. The molecule has 1 N–H and O–H groups in total. The van der Waals surface area contributed by atoms with Crippen LogP contribution in [0.3, 0.4) is 0 Å². The van der Waals surface area contributed by atoms with Crippen molar-refractivity contribution >= 4 is 5.91 Å². The van der Waals surface area contributed by atoms with E-state index in [1.807, 2.05) is 24.3 Å². The first kappa shape index (κ1) is 20.0. The Kier molecular flexibility index (Phi) is 4.10. The normalized spacial score (nSPS) is 38.2. The van der Waals surface area contributed by atoms with E-state index in [0.29, 0.717) is 35.9 Å². The van der Waals surface area contributed by atoms with Crippen molar-refractivity contribution < 1.29 is 14.3 Å². The topological polar surface area (TPSA) is 56.7 Å². The Morgan fingerprint density at radius 1 is 1.24 bits per heavy atom. The molecule has 1 aromatic carbocycles. The molecule has 2 aliphatic heterocycles. The molecule has 5 unspecified atom stereocenters. The maximum atomic E-state index is 13.5. The van der Waals surface area contributed by atoms with Crippen LogP contribution in [0.25, 0.3) is 0 Å². The molecule has 6 atom stereocenters. The van der Waals surface area contributed by atoms with Crippen molar-refractivity contribution in [3.63, 3.8) is 0 Å². The zero-order valence-corrected chi connectivity index (χ0v) is 18.8. The molecule has 2 aromatic rings. The Morgan fingerprint density at radius 3 is 2.97 bits per heavy atom. The van der Waals surface area contributed by atoms with Crippen LogP contribution in [0.1, 0.15) is 47.3 Å². The van der Waals surface area contributed by atoms with E-state index >= 15 is 0 Å². The number of amides is 1. The molecular formula is C27H30FN3O2. The number of pyridine rings is 1. The number of aromatic nitrogens is 1. The van der Waals surface area contributed by atoms with E-state index in [1.54, 1.807) is 12.3 Å². The van der Waals surface area contributed by atoms with Gasteiger partial charge in [-0.3, -0.25) is 14.7 Å². The lowest BCUT2D eigenvalue weighted by Crippen LogP contribution is -2.69. The van der Waals surface area contributed by atoms with Crippen molar-refractivity contribution in [2.45, 2.75) is 49.6 Å². The first-order chi connectivity index (χ1) is 16.1. The molecule has 1 aromatic heterocycles. The minimum atomic E-state index is -0.302. The van der Waals surface area contributed by atoms with Gasteiger partial charge < -0.3 is 10.0 Å². The standard InChI is InChI=1S/C27H30FN3O2/c28-9-12-30-11-8-27-20-14-19(32)5-4-17(20)13-23(30)26(27)7-6-22-24(27)18(15-26)16-31(22)25(33)21-3-1-2-10-29-21/h1-5,10,14,18,22-24,32H,6-9,11-13,15-16H2/t18-,22?,23?,24?,26?,27?/m1/s1. The molecule has 33 heavy (non-hydrogen) atoms. The van der Waals surface area contributed by atoms with Crippen molar-refractivity contribution in [1.82, 2.24) is 14.8 Å². The zero-order valence-electron chi connectivity index (χ0n) is 18.8. The number of rotatable bonds is 3. The van der Waals surface area contributed by atoms with E-state index in [4.69, 9.17) is 0 Å². The second-order valence-electron chi connectivity index (χ2n) is 10.9. The van der Waals surface area contributed by atoms with Crippen LogP contribution < -0.4 is 0 Å². The average molecular weight is 448 g/mol. The number of carbonyl (C=O) groups excluding carboxylic acids is 1. The summed E-state index contributed by atoms with van der Waals surface area (Å²) in [7, 11) is 0. The van der Waals surface area contributed by atoms with Crippen LogP contribution in [0.15, 0.2) is 42.6 Å². The molecule has 2 saturated carbocycles. The SMILES string of the molecule is O=C(c1ccccn1)N1C[C@H]2CC34CCC1C2C31CCN(CCF)C4Cc2ccc(O)cc21. The number of nitrogens with zero attached hydrogens (tertiary/aromatic N) is 3. The summed E-state index contributed by atoms with van der Waals surface area (Å²) in [5, 5.41) is 10.5. The number of hydrogen-bond donors (Lipinski definition) is 1. The number of likely N-dealkylation sites (tertiary alicyclic amines) is 2. The highest BCUT2D eigenvalue weighted by Gasteiger charge is 2.76. The van der Waals surface area contributed by atoms with E-state index in [1.165, 1.54) is 11.1 Å². The number of aromatic hydroxyl groups is 1. The van der Waals surface area contributed by atoms with Crippen LogP contribution in [0.4, 0.5) is 4.39 Å². The molecule has 4 fully saturated rings. The fraction of sp³-hybridized carbons (Fsp3) is 0.556. The van der Waals surface area contributed by atoms with Crippen LogP contribution in [0, 0.1) is 17.3 Å². The number of halogens is 1. The van der Waals surface area contributed by atoms with E-state index in [9.17, 15) is 14.3 Å². The highest BCUT2D eigenvalue weighted by molar-refractivity contribution is 5.92. The second-order valence-corrected chi connectivity index (χ2v) is 10.9. The molecule has 3 aliphatic carbocycles. The fourth-order valence-electron chi connectivity index (χ4n) is 9.34. The van der Waals surface area contributed by atoms with Gasteiger partial charge >= 0.3 is 0 Å². The summed E-state index contributed by atoms with van der Waals surface area (Å²) < 4.78 is 13.5. The minimum Gasteiger partial charge on any atom is -0.508 e. The molecule has 5 nitrogen and oxygen atoms in total. The van der Waals surface area contributed by atoms with Crippen LogP contribution in [0.2, 0.25) is 0 Å². The number of benzene rings is 1. The lowest BCUT2D eigenvalue weighted by atomic mass is 9.43. The average Bonchev–Trinajstić information content (AvgIpc) is 3.28. The summed E-state index contributed by atoms with van der Waals surface area (Å²) in [6, 6.07) is 12.0. The molecule has 7 rings (SSSR count). The van der Waals surface area contributed by atoms with Crippen molar-refractivity contribution in [1.29, 1.82) is 0 Å². The van der Waals surface area contributed by atoms with E-state index in [2.05, 4.69) is 20.9 Å². The predicted octanol–water partition coefficient (Wildman–Crippen LogP) is 3.57. The molecule has 0 spiro atoms. The minimum absolute atomic E-state index is 0.0382. The first-order valence-corrected chi connectivity index (χ1v) is 12.4. The van der Waals surface area contributed by atoms with Gasteiger partial charge in [0.2, 0.25) is 0 Å². The van der Waals surface area contributed by atoms with Crippen LogP contribution in [0.5, 0.6) is 5.75 Å². The van der Waals surface area contributed by atoms with Crippen molar-refractivity contribution in [2.24, 2.45) is 17.3 Å². The van der Waals surface area contributed by atoms with Gasteiger partial charge in [-0.25, -0.2) is 4.39 Å². The van der Waals surface area contributed by atoms with Crippen LogP contribution in [-0.4, -0.2) is 64.2 Å². The summed E-state index contributed by atoms with van der Waals surface area (Å²) >= 11 is 0. The third-order valence-corrected chi connectivity index (χ3v) is 10.1. The molecule has 1 amide bonds. The number of phenols is 1. The summed E-state index contributed by atoms with van der Waals surface area (Å²) in [5.74, 6) is 1.24. The molecule has 2 saturated heterocycles. The summed E-state index contributed by atoms with van der Waals surface area (Å²) in [6.07, 6.45) is 6.80. The Bertz CT molecular complexity index is 1130. The zero-order chi connectivity index (χ0) is 22.4. The van der Waals surface area contributed by atoms with E-state index < -0.39 is 0 Å². The van der Waals surface area contributed by atoms with Gasteiger partial charge in [-0.2, -0.15) is 0 Å². The molecule has 4 bridgehead atoms. The third-order valence-electron chi connectivity index (χ3n) is 10.1. The Hall–Kier alpha value is -2.47. The van der Waals surface area contributed by atoms with Gasteiger partial charge in [-0.05, 0) is 91.3 Å². The Morgan fingerprint density at radius 2 is 2.15 bits per heavy atom. The maximum absolute atomic E-state index is 13.5. The number of phenolic OH excluding ortho intramolecular Hbond substituents is 1. The van der Waals surface area contributed by atoms with Crippen molar-refractivity contribution in [3.8, 4) is 5.75 Å². The second kappa shape index (κ2) is 6.78. The van der Waals surface area contributed by atoms with Gasteiger partial charge in [0.05, 0.1) is 0 Å². The number of hydrogen-bond acceptors (Lipinski definition) is 4. The monoisotopic (exact) mass is 447 g/mol. The van der Waals surface area contributed by atoms with Crippen molar-refractivity contribution in [3.05, 3.63) is 59.4 Å². The Balaban J connectivity index is 1.36. The number of carbonyl (C=O) groups is 1. The summed E-state index contributed by atoms with van der Waals surface area (Å²) in [6.45, 7) is 1.90. The van der Waals surface area contributed by atoms with Gasteiger partial charge in [-0.1, -0.05) is 12.1 Å². The molecule has 172 valence electrons. The lowest BCUT2D eigenvalue weighted by Gasteiger charge is -2.66. The fourth-order valence-corrected chi connectivity index (χ4v) is 9.34. The molecule has 6 heteroatoms. The van der Waals surface area contributed by atoms with Gasteiger partial charge in [-0.15, -0.1) is 0 Å². The molecule has 0 radical (unpaired) electrons. The highest BCUT2D eigenvalue weighted by atomic mass is 19.1. The number of piperidine rings is 1. The Labute approximate surface area is 193 Å². The smallest absolute Gasteiger partial charge is 0.272 e. The van der Waals surface area contributed by atoms with Gasteiger partial charge in [0.15, 0.2) is 0 Å². The van der Waals surface area contributed by atoms with Crippen LogP contribution in [-0.2, 0) is 11.8 Å². The first-order valence-electron chi connectivity index (χ1n) is 12.4. The van der Waals surface area contributed by atoms with Crippen LogP contribution >= 0.6 is 0 Å².